The van der Waals surface area contributed by atoms with E-state index in [-0.39, 0.29) is 6.10 Å². The normalized spacial score (nSPS) is 12.2. The Bertz CT molecular complexity index is 264. The molecule has 0 rings (SSSR count). The summed E-state index contributed by atoms with van der Waals surface area (Å²) in [6.45, 7) is 1.17. The lowest BCUT2D eigenvalue weighted by Crippen LogP contribution is -2.13. The highest BCUT2D eigenvalue weighted by Gasteiger charge is 2.04. The molecule has 0 saturated carbocycles. The number of hydrogen-bond donors (Lipinski definition) is 0. The van der Waals surface area contributed by atoms with Crippen LogP contribution in [0.3, 0.4) is 0 Å². The highest BCUT2D eigenvalue weighted by Crippen LogP contribution is 2.02. The zero-order valence-corrected chi connectivity index (χ0v) is 9.72. The molecule has 0 N–H and O–H groups in total. The van der Waals surface area contributed by atoms with Crippen molar-refractivity contribution in [3.05, 3.63) is 0 Å². The minimum Gasteiger partial charge on any atom is -0.379 e. The van der Waals surface area contributed by atoms with Crippen molar-refractivity contribution >= 4 is 0 Å². The van der Waals surface area contributed by atoms with Gasteiger partial charge < -0.3 is 4.74 Å². The summed E-state index contributed by atoms with van der Waals surface area (Å²) in [6, 6.07) is 4.16. The van der Waals surface area contributed by atoms with Crippen LogP contribution in [0.15, 0.2) is 10.2 Å². The van der Waals surface area contributed by atoms with E-state index in [9.17, 15) is 0 Å². The highest BCUT2D eigenvalue weighted by atomic mass is 16.5. The Morgan fingerprint density at radius 1 is 1.12 bits per heavy atom. The van der Waals surface area contributed by atoms with E-state index in [0.717, 1.165) is 12.8 Å². The average molecular weight is 222 g/mol. The molecule has 1 unspecified atom stereocenters. The van der Waals surface area contributed by atoms with E-state index in [2.05, 4.69) is 22.4 Å². The van der Waals surface area contributed by atoms with Crippen molar-refractivity contribution in [2.24, 2.45) is 10.2 Å². The van der Waals surface area contributed by atoms with Crippen LogP contribution in [-0.2, 0) is 4.74 Å². The number of nitriles is 2. The van der Waals surface area contributed by atoms with Gasteiger partial charge >= 0.3 is 0 Å². The number of methoxy groups -OCH3 is 1. The van der Waals surface area contributed by atoms with Crippen LogP contribution in [0.2, 0.25) is 0 Å². The maximum Gasteiger partial charge on any atom is 0.0861 e. The zero-order chi connectivity index (χ0) is 12.1. The smallest absolute Gasteiger partial charge is 0.0861 e. The first kappa shape index (κ1) is 14.5. The third kappa shape index (κ3) is 9.11. The predicted octanol–water partition coefficient (Wildman–Crippen LogP) is 2.45. The Labute approximate surface area is 96.7 Å². The molecule has 88 valence electrons. The first-order chi connectivity index (χ1) is 7.85. The molecule has 0 aromatic carbocycles. The summed E-state index contributed by atoms with van der Waals surface area (Å²) < 4.78 is 5.15. The van der Waals surface area contributed by atoms with Gasteiger partial charge in [0.05, 0.1) is 31.3 Å². The molecule has 0 radical (unpaired) electrons. The molecule has 0 saturated heterocycles. The molecule has 0 bridgehead atoms. The first-order valence-corrected chi connectivity index (χ1v) is 5.45. The minimum absolute atomic E-state index is 0.0116. The molecule has 0 aromatic rings. The van der Waals surface area contributed by atoms with Gasteiger partial charge in [0.15, 0.2) is 0 Å². The largest absolute Gasteiger partial charge is 0.379 e. The van der Waals surface area contributed by atoms with Gasteiger partial charge in [-0.2, -0.15) is 20.8 Å². The Morgan fingerprint density at radius 3 is 2.50 bits per heavy atom. The number of rotatable bonds is 9. The molecule has 0 aliphatic rings. The second-order valence-corrected chi connectivity index (χ2v) is 3.36. The number of unbranched alkanes of at least 4 members (excludes halogenated alkanes) is 2. The number of hydrogen-bond acceptors (Lipinski definition) is 5. The van der Waals surface area contributed by atoms with Crippen molar-refractivity contribution in [3.8, 4) is 12.1 Å². The second-order valence-electron chi connectivity index (χ2n) is 3.36. The molecule has 5 heteroatoms. The van der Waals surface area contributed by atoms with Crippen molar-refractivity contribution in [2.45, 2.75) is 38.2 Å². The number of nitrogens with zero attached hydrogens (tertiary/aromatic N) is 4. The Morgan fingerprint density at radius 2 is 1.88 bits per heavy atom. The van der Waals surface area contributed by atoms with Crippen molar-refractivity contribution in [1.82, 2.24) is 0 Å². The summed E-state index contributed by atoms with van der Waals surface area (Å²) in [7, 11) is 1.62. The quantitative estimate of drug-likeness (QED) is 0.444. The Hall–Kier alpha value is -1.46. The molecule has 0 aliphatic carbocycles. The van der Waals surface area contributed by atoms with Gasteiger partial charge in [0.25, 0.3) is 0 Å². The number of ether oxygens (including phenoxy) is 1. The molecule has 1 atom stereocenters. The first-order valence-electron chi connectivity index (χ1n) is 5.45. The summed E-state index contributed by atoms with van der Waals surface area (Å²) in [6.07, 6.45) is 3.52. The molecule has 0 aliphatic heterocycles. The van der Waals surface area contributed by atoms with Crippen molar-refractivity contribution in [2.75, 3.05) is 20.2 Å². The third-order valence-corrected chi connectivity index (χ3v) is 2.09. The van der Waals surface area contributed by atoms with Gasteiger partial charge in [-0.25, -0.2) is 0 Å². The van der Waals surface area contributed by atoms with Crippen LogP contribution in [0, 0.1) is 22.7 Å². The zero-order valence-electron chi connectivity index (χ0n) is 9.72. The molecular weight excluding hydrogens is 204 g/mol. The van der Waals surface area contributed by atoms with Crippen LogP contribution < -0.4 is 0 Å². The van der Waals surface area contributed by atoms with Crippen LogP contribution in [0.5, 0.6) is 0 Å². The molecule has 0 spiro atoms. The molecular formula is C11H18N4O. The van der Waals surface area contributed by atoms with Crippen LogP contribution in [0.4, 0.5) is 0 Å². The lowest BCUT2D eigenvalue weighted by Gasteiger charge is -2.09. The van der Waals surface area contributed by atoms with Crippen molar-refractivity contribution in [3.63, 3.8) is 0 Å². The van der Waals surface area contributed by atoms with Gasteiger partial charge in [-0.3, -0.25) is 0 Å². The van der Waals surface area contributed by atoms with E-state index in [4.69, 9.17) is 15.3 Å². The summed E-state index contributed by atoms with van der Waals surface area (Å²) in [5.74, 6) is 0. The summed E-state index contributed by atoms with van der Waals surface area (Å²) in [5, 5.41) is 24.7. The standard InChI is InChI=1S/C11H18N4O/c1-16-11(6-5-8-13)10-15-14-9-4-2-3-7-12/h11H,2-6,9-10H2,1H3. The van der Waals surface area contributed by atoms with Crippen LogP contribution in [-0.4, -0.2) is 26.3 Å². The molecule has 5 nitrogen and oxygen atoms in total. The minimum atomic E-state index is -0.0116. The molecule has 0 amide bonds. The fourth-order valence-corrected chi connectivity index (χ4v) is 1.12. The van der Waals surface area contributed by atoms with Gasteiger partial charge in [0.1, 0.15) is 0 Å². The van der Waals surface area contributed by atoms with E-state index < -0.39 is 0 Å². The molecule has 0 heterocycles. The monoisotopic (exact) mass is 222 g/mol. The van der Waals surface area contributed by atoms with Gasteiger partial charge in [0, 0.05) is 20.0 Å². The summed E-state index contributed by atoms with van der Waals surface area (Å²) in [5.41, 5.74) is 0. The summed E-state index contributed by atoms with van der Waals surface area (Å²) >= 11 is 0. The van der Waals surface area contributed by atoms with Gasteiger partial charge in [-0.15, -0.1) is 0 Å². The van der Waals surface area contributed by atoms with E-state index in [1.165, 1.54) is 0 Å². The van der Waals surface area contributed by atoms with Crippen LogP contribution >= 0.6 is 0 Å². The van der Waals surface area contributed by atoms with Crippen LogP contribution in [0.1, 0.15) is 32.1 Å². The maximum atomic E-state index is 8.42. The van der Waals surface area contributed by atoms with Gasteiger partial charge in [0.2, 0.25) is 0 Å². The predicted molar refractivity (Wildman–Crippen MR) is 59.7 cm³/mol. The highest BCUT2D eigenvalue weighted by molar-refractivity contribution is 4.73. The number of azo groups is 1. The Kier molecular flexibility index (Phi) is 10.6. The fourth-order valence-electron chi connectivity index (χ4n) is 1.12. The fraction of sp³-hybridized carbons (Fsp3) is 0.818. The maximum absolute atomic E-state index is 8.42. The SMILES string of the molecule is COC(CCC#N)CN=NCCCCC#N. The topological polar surface area (TPSA) is 81.5 Å². The molecule has 16 heavy (non-hydrogen) atoms. The van der Waals surface area contributed by atoms with E-state index in [1.807, 2.05) is 0 Å². The van der Waals surface area contributed by atoms with E-state index >= 15 is 0 Å². The van der Waals surface area contributed by atoms with E-state index in [0.29, 0.717) is 32.4 Å². The average Bonchev–Trinajstić information content (AvgIpc) is 2.32. The van der Waals surface area contributed by atoms with Gasteiger partial charge in [-0.05, 0) is 19.3 Å². The molecule has 0 aromatic heterocycles. The molecule has 0 fully saturated rings. The third-order valence-electron chi connectivity index (χ3n) is 2.09. The lowest BCUT2D eigenvalue weighted by atomic mass is 10.2. The van der Waals surface area contributed by atoms with Gasteiger partial charge in [-0.1, -0.05) is 0 Å². The van der Waals surface area contributed by atoms with Crippen LogP contribution in [0.25, 0.3) is 0 Å². The van der Waals surface area contributed by atoms with Crippen molar-refractivity contribution in [1.29, 1.82) is 10.5 Å². The lowest BCUT2D eigenvalue weighted by molar-refractivity contribution is 0.102. The summed E-state index contributed by atoms with van der Waals surface area (Å²) in [4.78, 5) is 0. The Balaban J connectivity index is 3.49. The second kappa shape index (κ2) is 11.6. The van der Waals surface area contributed by atoms with Crippen molar-refractivity contribution < 1.29 is 4.74 Å². The van der Waals surface area contributed by atoms with E-state index in [1.54, 1.807) is 7.11 Å².